The minimum absolute atomic E-state index is 0.0717. The SMILES string of the molecule is NC(=O)c1cnc(N2CCN(C3CC(OC(F)F)C3)C[C@H]2COC(F)F)s1. The van der Waals surface area contributed by atoms with Gasteiger partial charge >= 0.3 is 13.2 Å². The fourth-order valence-corrected chi connectivity index (χ4v) is 4.26. The quantitative estimate of drug-likeness (QED) is 0.656. The van der Waals surface area contributed by atoms with E-state index >= 15 is 0 Å². The summed E-state index contributed by atoms with van der Waals surface area (Å²) in [6.07, 6.45) is 1.85. The van der Waals surface area contributed by atoms with Crippen molar-refractivity contribution >= 4 is 22.4 Å². The normalized spacial score (nSPS) is 26.6. The van der Waals surface area contributed by atoms with Gasteiger partial charge in [-0.15, -0.1) is 0 Å². The molecule has 1 saturated carbocycles. The molecular weight excluding hydrogens is 392 g/mol. The molecule has 1 aliphatic heterocycles. The van der Waals surface area contributed by atoms with Crippen LogP contribution in [0.15, 0.2) is 6.20 Å². The van der Waals surface area contributed by atoms with E-state index in [0.29, 0.717) is 37.6 Å². The van der Waals surface area contributed by atoms with Crippen LogP contribution in [0.1, 0.15) is 22.5 Å². The molecule has 2 fully saturated rings. The van der Waals surface area contributed by atoms with E-state index in [1.807, 2.05) is 4.90 Å². The van der Waals surface area contributed by atoms with Gasteiger partial charge < -0.3 is 20.1 Å². The fourth-order valence-electron chi connectivity index (χ4n) is 3.39. The molecule has 27 heavy (non-hydrogen) atoms. The van der Waals surface area contributed by atoms with Crippen molar-refractivity contribution in [2.24, 2.45) is 5.73 Å². The van der Waals surface area contributed by atoms with Crippen molar-refractivity contribution in [3.8, 4) is 0 Å². The lowest BCUT2D eigenvalue weighted by molar-refractivity contribution is -0.194. The first-order valence-electron chi connectivity index (χ1n) is 8.43. The lowest BCUT2D eigenvalue weighted by Gasteiger charge is -2.48. The van der Waals surface area contributed by atoms with Gasteiger partial charge in [0, 0.05) is 25.7 Å². The van der Waals surface area contributed by atoms with E-state index in [0.717, 1.165) is 11.3 Å². The fraction of sp³-hybridized carbons (Fsp3) is 0.733. The summed E-state index contributed by atoms with van der Waals surface area (Å²) in [5.41, 5.74) is 5.24. The van der Waals surface area contributed by atoms with Crippen molar-refractivity contribution in [2.45, 2.75) is 44.3 Å². The van der Waals surface area contributed by atoms with Crippen LogP contribution in [0.3, 0.4) is 0 Å². The van der Waals surface area contributed by atoms with Gasteiger partial charge in [0.1, 0.15) is 4.88 Å². The number of hydrogen-bond acceptors (Lipinski definition) is 7. The maximum Gasteiger partial charge on any atom is 0.345 e. The Morgan fingerprint density at radius 2 is 2.04 bits per heavy atom. The van der Waals surface area contributed by atoms with Crippen LogP contribution in [-0.2, 0) is 9.47 Å². The highest BCUT2D eigenvalue weighted by Crippen LogP contribution is 2.33. The number of halogens is 4. The summed E-state index contributed by atoms with van der Waals surface area (Å²) in [6, 6.07) is -0.336. The second-order valence-corrected chi connectivity index (χ2v) is 7.46. The van der Waals surface area contributed by atoms with Crippen LogP contribution < -0.4 is 10.6 Å². The Hall–Kier alpha value is -1.50. The van der Waals surface area contributed by atoms with Gasteiger partial charge in [-0.3, -0.25) is 9.69 Å². The van der Waals surface area contributed by atoms with Crippen LogP contribution in [0.5, 0.6) is 0 Å². The van der Waals surface area contributed by atoms with Gasteiger partial charge in [0.05, 0.1) is 24.9 Å². The molecule has 1 amide bonds. The molecular formula is C15H20F4N4O3S. The van der Waals surface area contributed by atoms with E-state index in [1.54, 1.807) is 0 Å². The number of primary amides is 1. The molecule has 12 heteroatoms. The standard InChI is InChI=1S/C15H20F4N4O3S/c16-13(17)25-7-9-6-22(8-3-10(4-8)26-14(18)19)1-2-23(9)15-21-5-11(27-15)12(20)24/h5,8-10,13-14H,1-4,6-7H2,(H2,20,24)/t8?,9-,10?/m0/s1. The third-order valence-electron chi connectivity index (χ3n) is 4.79. The zero-order valence-corrected chi connectivity index (χ0v) is 15.1. The minimum atomic E-state index is -2.90. The number of hydrogen-bond donors (Lipinski definition) is 1. The molecule has 0 spiro atoms. The summed E-state index contributed by atoms with van der Waals surface area (Å²) < 4.78 is 58.5. The molecule has 1 atom stereocenters. The number of nitrogens with zero attached hydrogens (tertiary/aromatic N) is 3. The van der Waals surface area contributed by atoms with Gasteiger partial charge in [-0.05, 0) is 12.8 Å². The Kier molecular flexibility index (Phi) is 6.50. The van der Waals surface area contributed by atoms with E-state index < -0.39 is 31.3 Å². The van der Waals surface area contributed by atoms with Crippen molar-refractivity contribution in [3.63, 3.8) is 0 Å². The summed E-state index contributed by atoms with van der Waals surface area (Å²) >= 11 is 1.10. The summed E-state index contributed by atoms with van der Waals surface area (Å²) in [6.45, 7) is -4.38. The van der Waals surface area contributed by atoms with E-state index in [2.05, 4.69) is 19.4 Å². The van der Waals surface area contributed by atoms with Gasteiger partial charge in [-0.1, -0.05) is 11.3 Å². The Balaban J connectivity index is 1.63. The summed E-state index contributed by atoms with van der Waals surface area (Å²) in [5.74, 6) is -0.600. The number of rotatable bonds is 8. The van der Waals surface area contributed by atoms with Crippen LogP contribution in [0.4, 0.5) is 22.7 Å². The van der Waals surface area contributed by atoms with Crippen molar-refractivity contribution in [3.05, 3.63) is 11.1 Å². The predicted octanol–water partition coefficient (Wildman–Crippen LogP) is 1.74. The number of piperazine rings is 1. The van der Waals surface area contributed by atoms with Crippen LogP contribution in [0, 0.1) is 0 Å². The molecule has 1 aromatic rings. The maximum absolute atomic E-state index is 12.5. The number of amides is 1. The molecule has 152 valence electrons. The Bertz CT molecular complexity index is 644. The molecule has 2 aliphatic rings. The molecule has 2 N–H and O–H groups in total. The van der Waals surface area contributed by atoms with E-state index in [-0.39, 0.29) is 17.5 Å². The van der Waals surface area contributed by atoms with Crippen LogP contribution in [0.2, 0.25) is 0 Å². The largest absolute Gasteiger partial charge is 0.365 e. The molecule has 0 bridgehead atoms. The molecule has 1 aliphatic carbocycles. The van der Waals surface area contributed by atoms with Crippen molar-refractivity contribution in [1.82, 2.24) is 9.88 Å². The average molecular weight is 412 g/mol. The smallest absolute Gasteiger partial charge is 0.345 e. The van der Waals surface area contributed by atoms with E-state index in [4.69, 9.17) is 5.73 Å². The Morgan fingerprint density at radius 1 is 1.30 bits per heavy atom. The Morgan fingerprint density at radius 3 is 2.63 bits per heavy atom. The topological polar surface area (TPSA) is 80.9 Å². The monoisotopic (exact) mass is 412 g/mol. The third-order valence-corrected chi connectivity index (χ3v) is 5.84. The zero-order chi connectivity index (χ0) is 19.6. The van der Waals surface area contributed by atoms with Gasteiger partial charge in [-0.25, -0.2) is 4.98 Å². The number of thiazole rings is 1. The number of aromatic nitrogens is 1. The van der Waals surface area contributed by atoms with Crippen molar-refractivity contribution in [1.29, 1.82) is 0 Å². The second kappa shape index (κ2) is 8.67. The van der Waals surface area contributed by atoms with Crippen LogP contribution in [-0.4, -0.2) is 73.4 Å². The first-order chi connectivity index (χ1) is 12.8. The van der Waals surface area contributed by atoms with Gasteiger partial charge in [0.25, 0.3) is 5.91 Å². The molecule has 1 aromatic heterocycles. The molecule has 3 rings (SSSR count). The second-order valence-electron chi connectivity index (χ2n) is 6.45. The lowest BCUT2D eigenvalue weighted by atomic mass is 9.87. The van der Waals surface area contributed by atoms with E-state index in [9.17, 15) is 22.4 Å². The first-order valence-corrected chi connectivity index (χ1v) is 9.24. The minimum Gasteiger partial charge on any atom is -0.365 e. The molecule has 0 aromatic carbocycles. The highest BCUT2D eigenvalue weighted by Gasteiger charge is 2.40. The van der Waals surface area contributed by atoms with Crippen LogP contribution >= 0.6 is 11.3 Å². The van der Waals surface area contributed by atoms with Crippen LogP contribution in [0.25, 0.3) is 0 Å². The average Bonchev–Trinajstić information content (AvgIpc) is 3.05. The summed E-state index contributed by atoms with van der Waals surface area (Å²) in [4.78, 5) is 19.6. The maximum atomic E-state index is 12.5. The van der Waals surface area contributed by atoms with Crippen molar-refractivity contribution < 1.29 is 31.8 Å². The third kappa shape index (κ3) is 5.06. The summed E-state index contributed by atoms with van der Waals surface area (Å²) in [5, 5.41) is 0.513. The number of anilines is 1. The number of ether oxygens (including phenoxy) is 2. The lowest BCUT2D eigenvalue weighted by Crippen LogP contribution is -2.60. The molecule has 7 nitrogen and oxygen atoms in total. The molecule has 1 saturated heterocycles. The highest BCUT2D eigenvalue weighted by molar-refractivity contribution is 7.17. The predicted molar refractivity (Wildman–Crippen MR) is 89.2 cm³/mol. The van der Waals surface area contributed by atoms with Gasteiger partial charge in [0.15, 0.2) is 5.13 Å². The zero-order valence-electron chi connectivity index (χ0n) is 14.3. The number of nitrogens with two attached hydrogens (primary N) is 1. The Labute approximate surface area is 157 Å². The molecule has 0 radical (unpaired) electrons. The van der Waals surface area contributed by atoms with Crippen molar-refractivity contribution in [2.75, 3.05) is 31.1 Å². The number of carbonyl (C=O) groups excluding carboxylic acids is 1. The number of carbonyl (C=O) groups is 1. The molecule has 0 unspecified atom stereocenters. The first kappa shape index (κ1) is 20.2. The summed E-state index contributed by atoms with van der Waals surface area (Å²) in [7, 11) is 0. The highest BCUT2D eigenvalue weighted by atomic mass is 32.1. The van der Waals surface area contributed by atoms with Gasteiger partial charge in [0.2, 0.25) is 0 Å². The van der Waals surface area contributed by atoms with Gasteiger partial charge in [-0.2, -0.15) is 17.6 Å². The molecule has 2 heterocycles. The van der Waals surface area contributed by atoms with E-state index in [1.165, 1.54) is 6.20 Å². The number of alkyl halides is 4.